The third-order valence-electron chi connectivity index (χ3n) is 4.03. The fourth-order valence-corrected chi connectivity index (χ4v) is 2.69. The molecule has 1 unspecified atom stereocenters. The average molecular weight is 339 g/mol. The molecule has 128 valence electrons. The number of halogens is 1. The van der Waals surface area contributed by atoms with Crippen molar-refractivity contribution < 1.29 is 13.7 Å². The largest absolute Gasteiger partial charge is 0.360 e. The van der Waals surface area contributed by atoms with Crippen molar-refractivity contribution in [2.24, 2.45) is 0 Å². The third kappa shape index (κ3) is 3.57. The highest BCUT2D eigenvalue weighted by Gasteiger charge is 2.23. The smallest absolute Gasteiger partial charge is 0.257 e. The number of carbonyl (C=O) groups is 1. The number of rotatable bonds is 5. The van der Waals surface area contributed by atoms with Crippen LogP contribution in [0.3, 0.4) is 0 Å². The fourth-order valence-electron chi connectivity index (χ4n) is 2.69. The Balaban J connectivity index is 1.88. The molecule has 0 saturated carbocycles. The molecule has 1 atom stereocenters. The van der Waals surface area contributed by atoms with Crippen LogP contribution >= 0.6 is 0 Å². The van der Waals surface area contributed by atoms with E-state index in [9.17, 15) is 9.18 Å². The van der Waals surface area contributed by atoms with Crippen LogP contribution in [0.1, 0.15) is 41.1 Å². The monoisotopic (exact) mass is 339 g/mol. The zero-order valence-corrected chi connectivity index (χ0v) is 14.0. The molecule has 0 aliphatic heterocycles. The first-order valence-corrected chi connectivity index (χ1v) is 8.03. The molecule has 25 heavy (non-hydrogen) atoms. The van der Waals surface area contributed by atoms with Crippen LogP contribution in [0.25, 0.3) is 11.3 Å². The van der Waals surface area contributed by atoms with E-state index in [4.69, 9.17) is 4.52 Å². The van der Waals surface area contributed by atoms with E-state index in [2.05, 4.69) is 15.5 Å². The molecule has 5 nitrogen and oxygen atoms in total. The first kappa shape index (κ1) is 16.8. The Labute approximate surface area is 144 Å². The number of amides is 1. The number of hydrogen-bond acceptors (Lipinski definition) is 4. The Morgan fingerprint density at radius 3 is 2.52 bits per heavy atom. The molecule has 0 spiro atoms. The summed E-state index contributed by atoms with van der Waals surface area (Å²) in [7, 11) is 0. The van der Waals surface area contributed by atoms with Crippen molar-refractivity contribution in [3.63, 3.8) is 0 Å². The Morgan fingerprint density at radius 2 is 1.88 bits per heavy atom. The number of nitrogens with zero attached hydrogens (tertiary/aromatic N) is 2. The maximum atomic E-state index is 13.1. The average Bonchev–Trinajstić information content (AvgIpc) is 3.03. The Morgan fingerprint density at radius 1 is 1.20 bits per heavy atom. The molecule has 0 bridgehead atoms. The van der Waals surface area contributed by atoms with Gasteiger partial charge in [-0.3, -0.25) is 9.78 Å². The Hall–Kier alpha value is -3.02. The predicted octanol–water partition coefficient (Wildman–Crippen LogP) is 4.07. The SMILES string of the molecule is CCC(NC(=O)c1c(-c2ccncc2)noc1C)c1ccc(F)cc1. The summed E-state index contributed by atoms with van der Waals surface area (Å²) in [5.74, 6) is -0.139. The summed E-state index contributed by atoms with van der Waals surface area (Å²) in [6.45, 7) is 3.66. The van der Waals surface area contributed by atoms with Crippen molar-refractivity contribution in [3.05, 3.63) is 71.5 Å². The van der Waals surface area contributed by atoms with Gasteiger partial charge in [-0.2, -0.15) is 0 Å². The molecule has 0 aliphatic rings. The Bertz CT molecular complexity index is 860. The van der Waals surface area contributed by atoms with Gasteiger partial charge in [-0.05, 0) is 43.2 Å². The van der Waals surface area contributed by atoms with Gasteiger partial charge >= 0.3 is 0 Å². The number of nitrogens with one attached hydrogen (secondary N) is 1. The lowest BCUT2D eigenvalue weighted by Crippen LogP contribution is -2.28. The van der Waals surface area contributed by atoms with Gasteiger partial charge in [-0.15, -0.1) is 0 Å². The lowest BCUT2D eigenvalue weighted by Gasteiger charge is -2.17. The standard InChI is InChI=1S/C19H18FN3O2/c1-3-16(13-4-6-15(20)7-5-13)22-19(24)17-12(2)25-23-18(17)14-8-10-21-11-9-14/h4-11,16H,3H2,1-2H3,(H,22,24). The van der Waals surface area contributed by atoms with Crippen molar-refractivity contribution in [1.82, 2.24) is 15.5 Å². The number of aromatic nitrogens is 2. The number of hydrogen-bond donors (Lipinski definition) is 1. The summed E-state index contributed by atoms with van der Waals surface area (Å²) < 4.78 is 18.3. The van der Waals surface area contributed by atoms with Crippen LogP contribution in [0, 0.1) is 12.7 Å². The number of carbonyl (C=O) groups excluding carboxylic acids is 1. The molecule has 3 rings (SSSR count). The highest BCUT2D eigenvalue weighted by Crippen LogP contribution is 2.26. The molecule has 2 heterocycles. The topological polar surface area (TPSA) is 68.0 Å². The molecule has 0 saturated heterocycles. The summed E-state index contributed by atoms with van der Waals surface area (Å²) >= 11 is 0. The van der Waals surface area contributed by atoms with E-state index >= 15 is 0 Å². The maximum absolute atomic E-state index is 13.1. The molecule has 0 radical (unpaired) electrons. The normalized spacial score (nSPS) is 12.0. The zero-order valence-electron chi connectivity index (χ0n) is 14.0. The van der Waals surface area contributed by atoms with Crippen LogP contribution in [0.2, 0.25) is 0 Å². The molecule has 1 aromatic carbocycles. The van der Waals surface area contributed by atoms with Crippen LogP contribution in [0.5, 0.6) is 0 Å². The summed E-state index contributed by atoms with van der Waals surface area (Å²) in [5.41, 5.74) is 2.47. The van der Waals surface area contributed by atoms with Gasteiger partial charge in [0, 0.05) is 18.0 Å². The van der Waals surface area contributed by atoms with E-state index in [-0.39, 0.29) is 17.8 Å². The molecular weight excluding hydrogens is 321 g/mol. The van der Waals surface area contributed by atoms with Crippen LogP contribution in [-0.2, 0) is 0 Å². The van der Waals surface area contributed by atoms with Gasteiger partial charge in [0.25, 0.3) is 5.91 Å². The highest BCUT2D eigenvalue weighted by atomic mass is 19.1. The number of pyridine rings is 1. The van der Waals surface area contributed by atoms with Gasteiger partial charge in [-0.25, -0.2) is 4.39 Å². The Kier molecular flexibility index (Phi) is 4.88. The molecule has 0 fully saturated rings. The van der Waals surface area contributed by atoms with Crippen LogP contribution in [0.4, 0.5) is 4.39 Å². The van der Waals surface area contributed by atoms with Crippen molar-refractivity contribution in [2.45, 2.75) is 26.3 Å². The maximum Gasteiger partial charge on any atom is 0.257 e. The number of benzene rings is 1. The third-order valence-corrected chi connectivity index (χ3v) is 4.03. The second-order valence-corrected chi connectivity index (χ2v) is 5.68. The van der Waals surface area contributed by atoms with Crippen molar-refractivity contribution in [1.29, 1.82) is 0 Å². The lowest BCUT2D eigenvalue weighted by molar-refractivity contribution is 0.0934. The fraction of sp³-hybridized carbons (Fsp3) is 0.211. The second-order valence-electron chi connectivity index (χ2n) is 5.68. The van der Waals surface area contributed by atoms with Gasteiger partial charge < -0.3 is 9.84 Å². The molecule has 2 aromatic heterocycles. The van der Waals surface area contributed by atoms with Gasteiger partial charge in [0.1, 0.15) is 22.8 Å². The minimum Gasteiger partial charge on any atom is -0.360 e. The van der Waals surface area contributed by atoms with Crippen molar-refractivity contribution in [2.75, 3.05) is 0 Å². The van der Waals surface area contributed by atoms with Crippen LogP contribution in [-0.4, -0.2) is 16.0 Å². The predicted molar refractivity (Wildman–Crippen MR) is 91.4 cm³/mol. The molecule has 6 heteroatoms. The van der Waals surface area contributed by atoms with Gasteiger partial charge in [0.2, 0.25) is 0 Å². The van der Waals surface area contributed by atoms with Crippen molar-refractivity contribution in [3.8, 4) is 11.3 Å². The van der Waals surface area contributed by atoms with Gasteiger partial charge in [0.05, 0.1) is 6.04 Å². The van der Waals surface area contributed by atoms with E-state index in [0.717, 1.165) is 11.1 Å². The van der Waals surface area contributed by atoms with Gasteiger partial charge in [0.15, 0.2) is 0 Å². The summed E-state index contributed by atoms with van der Waals surface area (Å²) in [6.07, 6.45) is 3.94. The summed E-state index contributed by atoms with van der Waals surface area (Å²) in [5, 5.41) is 6.99. The van der Waals surface area contributed by atoms with E-state index < -0.39 is 0 Å². The van der Waals surface area contributed by atoms with Gasteiger partial charge in [-0.1, -0.05) is 24.2 Å². The van der Waals surface area contributed by atoms with E-state index in [1.165, 1.54) is 12.1 Å². The van der Waals surface area contributed by atoms with E-state index in [1.54, 1.807) is 43.6 Å². The minimum atomic E-state index is -0.306. The number of aryl methyl sites for hydroxylation is 1. The van der Waals surface area contributed by atoms with E-state index in [1.807, 2.05) is 6.92 Å². The molecule has 1 amide bonds. The first-order chi connectivity index (χ1) is 12.1. The molecular formula is C19H18FN3O2. The summed E-state index contributed by atoms with van der Waals surface area (Å²) in [6, 6.07) is 9.43. The lowest BCUT2D eigenvalue weighted by atomic mass is 10.0. The molecule has 3 aromatic rings. The van der Waals surface area contributed by atoms with Crippen LogP contribution < -0.4 is 5.32 Å². The second kappa shape index (κ2) is 7.25. The highest BCUT2D eigenvalue weighted by molar-refractivity contribution is 6.00. The first-order valence-electron chi connectivity index (χ1n) is 8.03. The van der Waals surface area contributed by atoms with Crippen molar-refractivity contribution >= 4 is 5.91 Å². The zero-order chi connectivity index (χ0) is 17.8. The molecule has 1 N–H and O–H groups in total. The van der Waals surface area contributed by atoms with Crippen LogP contribution in [0.15, 0.2) is 53.3 Å². The molecule has 0 aliphatic carbocycles. The summed E-state index contributed by atoms with van der Waals surface area (Å²) in [4.78, 5) is 16.8. The van der Waals surface area contributed by atoms with E-state index in [0.29, 0.717) is 23.4 Å². The quantitative estimate of drug-likeness (QED) is 0.761. The minimum absolute atomic E-state index is 0.229.